The van der Waals surface area contributed by atoms with E-state index in [0.717, 1.165) is 0 Å². The van der Waals surface area contributed by atoms with E-state index < -0.39 is 34.4 Å². The summed E-state index contributed by atoms with van der Waals surface area (Å²) in [5.74, 6) is -0.688. The van der Waals surface area contributed by atoms with Gasteiger partial charge < -0.3 is 19.5 Å². The van der Waals surface area contributed by atoms with Crippen molar-refractivity contribution < 1.29 is 32.2 Å². The lowest BCUT2D eigenvalue weighted by atomic mass is 9.98. The summed E-state index contributed by atoms with van der Waals surface area (Å²) in [5.41, 5.74) is 0.339. The van der Waals surface area contributed by atoms with Crippen molar-refractivity contribution >= 4 is 38.2 Å². The summed E-state index contributed by atoms with van der Waals surface area (Å²) in [6.07, 6.45) is 0.571. The van der Waals surface area contributed by atoms with E-state index >= 15 is 0 Å². The molecular formula is C21H21N3O7S2. The predicted molar refractivity (Wildman–Crippen MR) is 118 cm³/mol. The van der Waals surface area contributed by atoms with E-state index in [2.05, 4.69) is 5.32 Å². The average molecular weight is 492 g/mol. The molecular weight excluding hydrogens is 470 g/mol. The fourth-order valence-electron chi connectivity index (χ4n) is 3.58. The molecule has 2 aliphatic rings. The molecule has 4 rings (SSSR count). The summed E-state index contributed by atoms with van der Waals surface area (Å²) in [4.78, 5) is 24.5. The number of sulfonamides is 1. The molecule has 1 N–H and O–H groups in total. The Morgan fingerprint density at radius 2 is 1.91 bits per heavy atom. The molecule has 0 radical (unpaired) electrons. The molecule has 2 aromatic rings. The van der Waals surface area contributed by atoms with Crippen molar-refractivity contribution in [3.8, 4) is 17.6 Å². The van der Waals surface area contributed by atoms with Gasteiger partial charge in [-0.3, -0.25) is 9.59 Å². The number of fused-ring (bicyclic) bond motifs is 1. The van der Waals surface area contributed by atoms with E-state index in [0.29, 0.717) is 35.3 Å². The van der Waals surface area contributed by atoms with Crippen LogP contribution >= 0.6 is 11.3 Å². The van der Waals surface area contributed by atoms with E-state index in [1.807, 2.05) is 6.07 Å². The third kappa shape index (κ3) is 5.11. The van der Waals surface area contributed by atoms with E-state index in [1.165, 1.54) is 27.8 Å². The van der Waals surface area contributed by atoms with Crippen LogP contribution in [0.4, 0.5) is 5.00 Å². The maximum Gasteiger partial charge on any atom is 0.309 e. The number of benzene rings is 1. The van der Waals surface area contributed by atoms with Crippen molar-refractivity contribution in [1.29, 1.82) is 5.26 Å². The Morgan fingerprint density at radius 3 is 2.64 bits per heavy atom. The number of ether oxygens (including phenoxy) is 3. The largest absolute Gasteiger partial charge is 0.486 e. The van der Waals surface area contributed by atoms with Gasteiger partial charge in [0.25, 0.3) is 5.91 Å². The van der Waals surface area contributed by atoms with Crippen molar-refractivity contribution in [2.75, 3.05) is 38.2 Å². The highest BCUT2D eigenvalue weighted by atomic mass is 32.2. The number of rotatable bonds is 6. The molecule has 33 heavy (non-hydrogen) atoms. The number of hydrogen-bond acceptors (Lipinski definition) is 9. The molecule has 1 aromatic heterocycles. The summed E-state index contributed by atoms with van der Waals surface area (Å²) >= 11 is 1.20. The van der Waals surface area contributed by atoms with Crippen LogP contribution in [0.2, 0.25) is 0 Å². The summed E-state index contributed by atoms with van der Waals surface area (Å²) in [5, 5.41) is 13.6. The van der Waals surface area contributed by atoms with Gasteiger partial charge in [-0.1, -0.05) is 0 Å². The lowest BCUT2D eigenvalue weighted by molar-refractivity contribution is -0.152. The lowest BCUT2D eigenvalue weighted by Gasteiger charge is -2.30. The van der Waals surface area contributed by atoms with Gasteiger partial charge in [0.05, 0.1) is 16.4 Å². The molecule has 0 spiro atoms. The zero-order valence-corrected chi connectivity index (χ0v) is 19.1. The van der Waals surface area contributed by atoms with Gasteiger partial charge in [-0.05, 0) is 36.4 Å². The maximum absolute atomic E-state index is 13.0. The Morgan fingerprint density at radius 1 is 1.18 bits per heavy atom. The number of anilines is 1. The molecule has 12 heteroatoms. The van der Waals surface area contributed by atoms with Crippen LogP contribution in [0.5, 0.6) is 11.5 Å². The van der Waals surface area contributed by atoms with Crippen LogP contribution in [-0.4, -0.2) is 57.5 Å². The number of piperidine rings is 1. The molecule has 0 aliphatic carbocycles. The number of thiophene rings is 1. The molecule has 0 bridgehead atoms. The van der Waals surface area contributed by atoms with Crippen LogP contribution in [0.3, 0.4) is 0 Å². The smallest absolute Gasteiger partial charge is 0.309 e. The summed E-state index contributed by atoms with van der Waals surface area (Å²) < 4.78 is 43.3. The first-order valence-electron chi connectivity index (χ1n) is 10.2. The molecule has 0 unspecified atom stereocenters. The summed E-state index contributed by atoms with van der Waals surface area (Å²) in [7, 11) is -3.75. The lowest BCUT2D eigenvalue weighted by Crippen LogP contribution is -2.41. The number of amides is 1. The van der Waals surface area contributed by atoms with Gasteiger partial charge in [-0.15, -0.1) is 11.3 Å². The standard InChI is InChI=1S/C21H21N3O7S2/c22-12-15-5-10-32-20(15)23-19(25)13-31-21(26)14-3-6-24(7-4-14)33(27,28)16-1-2-17-18(11-16)30-9-8-29-17/h1-2,5,10-11,14H,3-4,6-9,13H2,(H,23,25). The van der Waals surface area contributed by atoms with Crippen molar-refractivity contribution in [3.63, 3.8) is 0 Å². The maximum atomic E-state index is 13.0. The molecule has 3 heterocycles. The summed E-state index contributed by atoms with van der Waals surface area (Å²) in [6.45, 7) is 0.610. The molecule has 174 valence electrons. The van der Waals surface area contributed by atoms with Gasteiger partial charge in [0, 0.05) is 19.2 Å². The Labute approximate surface area is 194 Å². The van der Waals surface area contributed by atoms with Crippen LogP contribution in [0, 0.1) is 17.2 Å². The topological polar surface area (TPSA) is 135 Å². The van der Waals surface area contributed by atoms with E-state index in [1.54, 1.807) is 17.5 Å². The molecule has 1 saturated heterocycles. The van der Waals surface area contributed by atoms with Crippen LogP contribution in [0.15, 0.2) is 34.5 Å². The molecule has 0 saturated carbocycles. The van der Waals surface area contributed by atoms with Crippen molar-refractivity contribution in [2.24, 2.45) is 5.92 Å². The SMILES string of the molecule is N#Cc1ccsc1NC(=O)COC(=O)C1CCN(S(=O)(=O)c2ccc3c(c2)OCCO3)CC1. The fraction of sp³-hybridized carbons (Fsp3) is 0.381. The normalized spacial score (nSPS) is 16.6. The first kappa shape index (κ1) is 23.0. The second-order valence-corrected chi connectivity index (χ2v) is 10.3. The van der Waals surface area contributed by atoms with Gasteiger partial charge in [-0.2, -0.15) is 9.57 Å². The molecule has 1 amide bonds. The zero-order chi connectivity index (χ0) is 23.4. The Bertz CT molecular complexity index is 1190. The van der Waals surface area contributed by atoms with Gasteiger partial charge in [0.1, 0.15) is 24.3 Å². The zero-order valence-electron chi connectivity index (χ0n) is 17.5. The third-order valence-corrected chi connectivity index (χ3v) is 8.05. The van der Waals surface area contributed by atoms with Gasteiger partial charge in [0.15, 0.2) is 18.1 Å². The Balaban J connectivity index is 1.29. The number of hydrogen-bond donors (Lipinski definition) is 1. The first-order valence-corrected chi connectivity index (χ1v) is 12.5. The Kier molecular flexibility index (Phi) is 6.83. The van der Waals surface area contributed by atoms with Crippen molar-refractivity contribution in [2.45, 2.75) is 17.7 Å². The first-order chi connectivity index (χ1) is 15.9. The number of nitriles is 1. The highest BCUT2D eigenvalue weighted by Crippen LogP contribution is 2.34. The Hall–Kier alpha value is -3.14. The van der Waals surface area contributed by atoms with E-state index in [9.17, 15) is 18.0 Å². The number of nitrogens with zero attached hydrogens (tertiary/aromatic N) is 2. The quantitative estimate of drug-likeness (QED) is 0.606. The van der Waals surface area contributed by atoms with Crippen LogP contribution < -0.4 is 14.8 Å². The number of esters is 1. The van der Waals surface area contributed by atoms with Gasteiger partial charge >= 0.3 is 5.97 Å². The minimum Gasteiger partial charge on any atom is -0.486 e. The predicted octanol–water partition coefficient (Wildman–Crippen LogP) is 1.97. The molecule has 0 atom stereocenters. The van der Waals surface area contributed by atoms with Gasteiger partial charge in [-0.25, -0.2) is 8.42 Å². The molecule has 10 nitrogen and oxygen atoms in total. The van der Waals surface area contributed by atoms with Gasteiger partial charge in [0.2, 0.25) is 10.0 Å². The average Bonchev–Trinajstić information content (AvgIpc) is 3.29. The highest BCUT2D eigenvalue weighted by molar-refractivity contribution is 7.89. The van der Waals surface area contributed by atoms with Crippen molar-refractivity contribution in [3.05, 3.63) is 35.2 Å². The van der Waals surface area contributed by atoms with Crippen LogP contribution in [-0.2, 0) is 24.3 Å². The van der Waals surface area contributed by atoms with Crippen LogP contribution in [0.1, 0.15) is 18.4 Å². The third-order valence-electron chi connectivity index (χ3n) is 5.32. The number of carbonyl (C=O) groups excluding carboxylic acids is 2. The molecule has 2 aliphatic heterocycles. The monoisotopic (exact) mass is 491 g/mol. The second-order valence-electron chi connectivity index (χ2n) is 7.41. The van der Waals surface area contributed by atoms with E-state index in [-0.39, 0.29) is 30.8 Å². The minimum absolute atomic E-state index is 0.106. The van der Waals surface area contributed by atoms with Crippen LogP contribution in [0.25, 0.3) is 0 Å². The molecule has 1 aromatic carbocycles. The second kappa shape index (κ2) is 9.78. The minimum atomic E-state index is -3.75. The van der Waals surface area contributed by atoms with Crippen molar-refractivity contribution in [1.82, 2.24) is 4.31 Å². The molecule has 1 fully saturated rings. The number of nitrogens with one attached hydrogen (secondary N) is 1. The van der Waals surface area contributed by atoms with E-state index in [4.69, 9.17) is 19.5 Å². The highest BCUT2D eigenvalue weighted by Gasteiger charge is 2.33. The summed E-state index contributed by atoms with van der Waals surface area (Å²) in [6, 6.07) is 8.05. The number of carbonyl (C=O) groups is 2. The fourth-order valence-corrected chi connectivity index (χ4v) is 5.82.